The van der Waals surface area contributed by atoms with E-state index in [0.717, 1.165) is 16.5 Å². The summed E-state index contributed by atoms with van der Waals surface area (Å²) in [6.45, 7) is 18.0. The standard InChI is InChI=1S/C24H24N3S/c1-14-10-15(2)16(3)19(11-14)22-23-21(26-13-27(22)7)18-9-8-17(12-20(18)28-23)24(4,5)25-6/h8-13H,1-5,7H3/q+1. The van der Waals surface area contributed by atoms with Crippen molar-refractivity contribution in [2.45, 2.75) is 40.2 Å². The molecule has 0 bridgehead atoms. The minimum atomic E-state index is -0.518. The summed E-state index contributed by atoms with van der Waals surface area (Å²) in [6, 6.07) is 10.9. The number of aromatic nitrogens is 2. The molecule has 4 aromatic rings. The number of hydrogen-bond donors (Lipinski definition) is 0. The minimum Gasteiger partial charge on any atom is -0.306 e. The fourth-order valence-electron chi connectivity index (χ4n) is 3.78. The topological polar surface area (TPSA) is 21.1 Å². The molecule has 0 radical (unpaired) electrons. The van der Waals surface area contributed by atoms with E-state index in [-0.39, 0.29) is 0 Å². The molecule has 3 nitrogen and oxygen atoms in total. The van der Waals surface area contributed by atoms with E-state index in [1.165, 1.54) is 37.3 Å². The average Bonchev–Trinajstić information content (AvgIpc) is 3.02. The van der Waals surface area contributed by atoms with Crippen LogP contribution in [0.3, 0.4) is 0 Å². The van der Waals surface area contributed by atoms with Crippen LogP contribution in [0.5, 0.6) is 0 Å². The molecule has 0 saturated heterocycles. The number of nitrogens with zero attached hydrogens (tertiary/aromatic N) is 3. The Morgan fingerprint density at radius 2 is 1.86 bits per heavy atom. The Kier molecular flexibility index (Phi) is 4.24. The van der Waals surface area contributed by atoms with Crippen LogP contribution in [-0.2, 0) is 12.6 Å². The molecule has 28 heavy (non-hydrogen) atoms. The quantitative estimate of drug-likeness (QED) is 0.305. The molecular formula is C24H24N3S+. The van der Waals surface area contributed by atoms with Gasteiger partial charge in [0.25, 0.3) is 11.9 Å². The zero-order chi connectivity index (χ0) is 20.2. The first-order valence-corrected chi connectivity index (χ1v) is 10.2. The molecule has 2 heterocycles. The van der Waals surface area contributed by atoms with E-state index >= 15 is 0 Å². The molecule has 4 rings (SSSR count). The van der Waals surface area contributed by atoms with Gasteiger partial charge in [0.15, 0.2) is 5.69 Å². The van der Waals surface area contributed by atoms with Crippen LogP contribution in [0, 0.1) is 27.3 Å². The Morgan fingerprint density at radius 3 is 2.57 bits per heavy atom. The van der Waals surface area contributed by atoms with Gasteiger partial charge in [-0.25, -0.2) is 11.1 Å². The van der Waals surface area contributed by atoms with Gasteiger partial charge in [-0.3, -0.25) is 0 Å². The maximum atomic E-state index is 7.51. The van der Waals surface area contributed by atoms with Crippen molar-refractivity contribution in [3.8, 4) is 11.3 Å². The summed E-state index contributed by atoms with van der Waals surface area (Å²) in [6.07, 6.45) is 1.91. The fourth-order valence-corrected chi connectivity index (χ4v) is 5.07. The van der Waals surface area contributed by atoms with E-state index in [1.54, 1.807) is 11.3 Å². The molecule has 0 aliphatic rings. The lowest BCUT2D eigenvalue weighted by molar-refractivity contribution is -0.662. The highest BCUT2D eigenvalue weighted by Crippen LogP contribution is 2.40. The second-order valence-electron chi connectivity index (χ2n) is 8.12. The van der Waals surface area contributed by atoms with Crippen molar-refractivity contribution in [2.24, 2.45) is 7.05 Å². The van der Waals surface area contributed by atoms with E-state index in [2.05, 4.69) is 67.6 Å². The third-order valence-electron chi connectivity index (χ3n) is 5.64. The molecule has 140 valence electrons. The van der Waals surface area contributed by atoms with Crippen molar-refractivity contribution in [3.05, 3.63) is 70.3 Å². The first-order valence-electron chi connectivity index (χ1n) is 9.41. The van der Waals surface area contributed by atoms with E-state index in [9.17, 15) is 0 Å². The van der Waals surface area contributed by atoms with E-state index in [0.29, 0.717) is 0 Å². The predicted molar refractivity (Wildman–Crippen MR) is 118 cm³/mol. The van der Waals surface area contributed by atoms with Crippen LogP contribution < -0.4 is 4.57 Å². The summed E-state index contributed by atoms with van der Waals surface area (Å²) in [5.74, 6) is 0. The number of aryl methyl sites for hydroxylation is 3. The molecule has 4 heteroatoms. The Hall–Kier alpha value is -2.77. The summed E-state index contributed by atoms with van der Waals surface area (Å²) < 4.78 is 4.51. The molecule has 2 aromatic carbocycles. The van der Waals surface area contributed by atoms with Crippen molar-refractivity contribution < 1.29 is 4.57 Å². The van der Waals surface area contributed by atoms with E-state index in [4.69, 9.17) is 11.6 Å². The van der Waals surface area contributed by atoms with Gasteiger partial charge in [-0.15, -0.1) is 11.3 Å². The summed E-state index contributed by atoms with van der Waals surface area (Å²) >= 11 is 1.77. The monoisotopic (exact) mass is 386 g/mol. The molecule has 0 fully saturated rings. The fraction of sp³-hybridized carbons (Fsp3) is 0.292. The summed E-state index contributed by atoms with van der Waals surface area (Å²) in [5.41, 5.74) is 7.93. The highest BCUT2D eigenvalue weighted by molar-refractivity contribution is 7.26. The normalized spacial score (nSPS) is 11.9. The molecule has 2 aromatic heterocycles. The molecule has 0 unspecified atom stereocenters. The van der Waals surface area contributed by atoms with Crippen molar-refractivity contribution in [3.63, 3.8) is 0 Å². The van der Waals surface area contributed by atoms with Gasteiger partial charge in [-0.05, 0) is 55.1 Å². The number of rotatable bonds is 2. The second kappa shape index (κ2) is 6.39. The van der Waals surface area contributed by atoms with Gasteiger partial charge in [0.05, 0.1) is 7.05 Å². The van der Waals surface area contributed by atoms with Crippen LogP contribution in [0.25, 0.3) is 36.4 Å². The molecule has 0 aliphatic carbocycles. The zero-order valence-corrected chi connectivity index (χ0v) is 18.0. The lowest BCUT2D eigenvalue weighted by Crippen LogP contribution is -2.31. The summed E-state index contributed by atoms with van der Waals surface area (Å²) in [4.78, 5) is 8.55. The van der Waals surface area contributed by atoms with Gasteiger partial charge in [0, 0.05) is 35.1 Å². The zero-order valence-electron chi connectivity index (χ0n) is 17.2. The summed E-state index contributed by atoms with van der Waals surface area (Å²) in [7, 11) is 2.07. The molecule has 0 amide bonds. The highest BCUT2D eigenvalue weighted by Gasteiger charge is 2.28. The van der Waals surface area contributed by atoms with Crippen molar-refractivity contribution in [1.82, 2.24) is 4.98 Å². The Labute approximate surface area is 170 Å². The molecule has 0 saturated carbocycles. The van der Waals surface area contributed by atoms with Crippen molar-refractivity contribution in [1.29, 1.82) is 0 Å². The van der Waals surface area contributed by atoms with E-state index < -0.39 is 5.54 Å². The van der Waals surface area contributed by atoms with E-state index in [1.807, 2.05) is 20.2 Å². The largest absolute Gasteiger partial charge is 0.306 e. The van der Waals surface area contributed by atoms with Crippen LogP contribution in [0.1, 0.15) is 36.1 Å². The van der Waals surface area contributed by atoms with Gasteiger partial charge in [-0.2, -0.15) is 0 Å². The Bertz CT molecular complexity index is 1290. The van der Waals surface area contributed by atoms with Crippen LogP contribution >= 0.6 is 11.3 Å². The first kappa shape index (κ1) is 18.6. The smallest absolute Gasteiger partial charge is 0.287 e. The second-order valence-corrected chi connectivity index (χ2v) is 9.17. The van der Waals surface area contributed by atoms with Crippen LogP contribution in [0.4, 0.5) is 0 Å². The molecule has 0 spiro atoms. The maximum absolute atomic E-state index is 7.51. The molecule has 0 atom stereocenters. The lowest BCUT2D eigenvalue weighted by atomic mass is 9.94. The number of hydrogen-bond acceptors (Lipinski definition) is 2. The van der Waals surface area contributed by atoms with Crippen molar-refractivity contribution in [2.75, 3.05) is 0 Å². The SMILES string of the molecule is [C-]#[N+]C(C)(C)c1ccc2c(c1)sc1c(-c3cc(C)cc(C)c3C)[n+](C)cnc12. The molecule has 0 N–H and O–H groups in total. The molecule has 0 aliphatic heterocycles. The average molecular weight is 387 g/mol. The van der Waals surface area contributed by atoms with Gasteiger partial charge >= 0.3 is 0 Å². The van der Waals surface area contributed by atoms with Crippen LogP contribution in [-0.4, -0.2) is 4.98 Å². The number of thiophene rings is 1. The van der Waals surface area contributed by atoms with Crippen molar-refractivity contribution >= 4 is 31.6 Å². The maximum Gasteiger partial charge on any atom is 0.287 e. The minimum absolute atomic E-state index is 0.518. The Balaban J connectivity index is 2.07. The van der Waals surface area contributed by atoms with Gasteiger partial charge in [-0.1, -0.05) is 17.7 Å². The number of benzene rings is 2. The Morgan fingerprint density at radius 1 is 1.11 bits per heavy atom. The lowest BCUT2D eigenvalue weighted by Gasteiger charge is -2.11. The van der Waals surface area contributed by atoms with Gasteiger partial charge in [0.2, 0.25) is 5.52 Å². The molecular weight excluding hydrogens is 362 g/mol. The predicted octanol–water partition coefficient (Wildman–Crippen LogP) is 6.02. The van der Waals surface area contributed by atoms with Gasteiger partial charge in [0.1, 0.15) is 4.70 Å². The van der Waals surface area contributed by atoms with Gasteiger partial charge < -0.3 is 4.85 Å². The third-order valence-corrected chi connectivity index (χ3v) is 6.79. The summed E-state index contributed by atoms with van der Waals surface area (Å²) in [5, 5.41) is 1.16. The van der Waals surface area contributed by atoms with Crippen LogP contribution in [0.15, 0.2) is 36.7 Å². The van der Waals surface area contributed by atoms with Crippen LogP contribution in [0.2, 0.25) is 0 Å². The number of fused-ring (bicyclic) bond motifs is 3. The first-order chi connectivity index (χ1) is 13.2. The third kappa shape index (κ3) is 2.78. The highest BCUT2D eigenvalue weighted by atomic mass is 32.1.